The number of carbonyl (C=O) groups excluding carboxylic acids is 1. The van der Waals surface area contributed by atoms with Crippen molar-refractivity contribution < 1.29 is 9.53 Å². The maximum atomic E-state index is 12.5. The molecule has 6 nitrogen and oxygen atoms in total. The average Bonchev–Trinajstić information content (AvgIpc) is 2.74. The zero-order valence-corrected chi connectivity index (χ0v) is 17.9. The molecule has 3 rings (SSSR count). The van der Waals surface area contributed by atoms with Gasteiger partial charge in [-0.15, -0.1) is 0 Å². The molecule has 0 spiro atoms. The van der Waals surface area contributed by atoms with Gasteiger partial charge in [-0.3, -0.25) is 9.59 Å². The molecule has 0 saturated heterocycles. The van der Waals surface area contributed by atoms with Crippen LogP contribution in [0.4, 0.5) is 0 Å². The van der Waals surface area contributed by atoms with Crippen LogP contribution in [-0.2, 0) is 17.8 Å². The van der Waals surface area contributed by atoms with Gasteiger partial charge < -0.3 is 15.0 Å². The van der Waals surface area contributed by atoms with Gasteiger partial charge >= 0.3 is 0 Å². The Morgan fingerprint density at radius 1 is 1.06 bits per heavy atom. The first kappa shape index (κ1) is 21.8. The first-order valence-corrected chi connectivity index (χ1v) is 10.1. The molecule has 0 saturated carbocycles. The lowest BCUT2D eigenvalue weighted by Gasteiger charge is -2.14. The third-order valence-corrected chi connectivity index (χ3v) is 5.28. The highest BCUT2D eigenvalue weighted by atomic mass is 16.5. The van der Waals surface area contributed by atoms with E-state index in [0.29, 0.717) is 30.0 Å². The first-order valence-electron chi connectivity index (χ1n) is 10.1. The van der Waals surface area contributed by atoms with Crippen LogP contribution in [0, 0.1) is 32.1 Å². The van der Waals surface area contributed by atoms with E-state index in [4.69, 9.17) is 4.74 Å². The Hall–Kier alpha value is -3.85. The van der Waals surface area contributed by atoms with Gasteiger partial charge in [0.15, 0.2) is 0 Å². The minimum atomic E-state index is -0.393. The van der Waals surface area contributed by atoms with Crippen LogP contribution < -0.4 is 15.6 Å². The molecule has 0 aliphatic rings. The van der Waals surface area contributed by atoms with Crippen molar-refractivity contribution in [1.82, 2.24) is 10.3 Å². The molecule has 0 bridgehead atoms. The molecular formula is C25H25N3O3. The summed E-state index contributed by atoms with van der Waals surface area (Å²) in [5.41, 5.74) is 3.76. The number of aromatic nitrogens is 1. The summed E-state index contributed by atoms with van der Waals surface area (Å²) in [7, 11) is 0. The van der Waals surface area contributed by atoms with Crippen molar-refractivity contribution in [2.45, 2.75) is 40.2 Å². The second-order valence-electron chi connectivity index (χ2n) is 7.42. The number of hydrogen-bond acceptors (Lipinski definition) is 4. The van der Waals surface area contributed by atoms with Crippen molar-refractivity contribution in [2.24, 2.45) is 0 Å². The van der Waals surface area contributed by atoms with Crippen LogP contribution in [0.2, 0.25) is 0 Å². The topological polar surface area (TPSA) is 95.0 Å². The Balaban J connectivity index is 1.65. The van der Waals surface area contributed by atoms with E-state index in [1.54, 1.807) is 13.8 Å². The van der Waals surface area contributed by atoms with E-state index in [2.05, 4.69) is 10.3 Å². The lowest BCUT2D eigenvalue weighted by molar-refractivity contribution is -0.121. The lowest BCUT2D eigenvalue weighted by Crippen LogP contribution is -2.24. The Morgan fingerprint density at radius 2 is 1.74 bits per heavy atom. The van der Waals surface area contributed by atoms with Crippen LogP contribution in [0.1, 0.15) is 39.9 Å². The van der Waals surface area contributed by atoms with Crippen LogP contribution >= 0.6 is 0 Å². The third kappa shape index (κ3) is 5.20. The molecular weight excluding hydrogens is 390 g/mol. The van der Waals surface area contributed by atoms with E-state index in [1.165, 1.54) is 0 Å². The van der Waals surface area contributed by atoms with E-state index in [0.717, 1.165) is 22.4 Å². The molecule has 0 radical (unpaired) electrons. The molecule has 1 aromatic heterocycles. The van der Waals surface area contributed by atoms with Crippen molar-refractivity contribution in [2.75, 3.05) is 0 Å². The highest BCUT2D eigenvalue weighted by Crippen LogP contribution is 2.27. The fraction of sp³-hybridized carbons (Fsp3) is 0.240. The number of aromatic amines is 1. The summed E-state index contributed by atoms with van der Waals surface area (Å²) in [6.45, 7) is 5.85. The van der Waals surface area contributed by atoms with E-state index in [1.807, 2.05) is 61.5 Å². The largest absolute Gasteiger partial charge is 0.457 e. The zero-order chi connectivity index (χ0) is 22.4. The van der Waals surface area contributed by atoms with Gasteiger partial charge in [0.25, 0.3) is 5.56 Å². The summed E-state index contributed by atoms with van der Waals surface area (Å²) in [5.74, 6) is 1.36. The van der Waals surface area contributed by atoms with Gasteiger partial charge in [-0.25, -0.2) is 0 Å². The number of rotatable bonds is 7. The molecule has 6 heteroatoms. The summed E-state index contributed by atoms with van der Waals surface area (Å²) in [6.07, 6.45) is 0.690. The van der Waals surface area contributed by atoms with Crippen LogP contribution in [0.25, 0.3) is 0 Å². The number of pyridine rings is 1. The third-order valence-electron chi connectivity index (χ3n) is 5.28. The zero-order valence-electron chi connectivity index (χ0n) is 17.9. The molecule has 0 aliphatic carbocycles. The normalized spacial score (nSPS) is 10.4. The maximum absolute atomic E-state index is 12.5. The van der Waals surface area contributed by atoms with Crippen LogP contribution in [-0.4, -0.2) is 10.9 Å². The van der Waals surface area contributed by atoms with Crippen molar-refractivity contribution >= 4 is 5.91 Å². The maximum Gasteiger partial charge on any atom is 0.266 e. The van der Waals surface area contributed by atoms with Crippen LogP contribution in [0.3, 0.4) is 0 Å². The highest BCUT2D eigenvalue weighted by Gasteiger charge is 2.14. The number of H-pyrrole nitrogens is 1. The van der Waals surface area contributed by atoms with E-state index < -0.39 is 5.56 Å². The summed E-state index contributed by atoms with van der Waals surface area (Å²) >= 11 is 0. The molecule has 1 heterocycles. The molecule has 0 unspecified atom stereocenters. The number of nitrogens with zero attached hydrogens (tertiary/aromatic N) is 1. The van der Waals surface area contributed by atoms with Gasteiger partial charge in [-0.2, -0.15) is 5.26 Å². The fourth-order valence-corrected chi connectivity index (χ4v) is 3.48. The van der Waals surface area contributed by atoms with Crippen LogP contribution in [0.15, 0.2) is 53.3 Å². The highest BCUT2D eigenvalue weighted by molar-refractivity contribution is 5.76. The predicted molar refractivity (Wildman–Crippen MR) is 119 cm³/mol. The minimum absolute atomic E-state index is 0.100. The van der Waals surface area contributed by atoms with Crippen LogP contribution in [0.5, 0.6) is 11.5 Å². The number of hydrogen-bond donors (Lipinski definition) is 2. The summed E-state index contributed by atoms with van der Waals surface area (Å²) < 4.78 is 6.05. The molecule has 1 amide bonds. The van der Waals surface area contributed by atoms with Crippen molar-refractivity contribution in [3.8, 4) is 17.6 Å². The molecule has 0 aliphatic heterocycles. The van der Waals surface area contributed by atoms with E-state index in [-0.39, 0.29) is 17.9 Å². The molecule has 158 valence electrons. The van der Waals surface area contributed by atoms with E-state index >= 15 is 0 Å². The number of aryl methyl sites for hydroxylation is 2. The van der Waals surface area contributed by atoms with Crippen molar-refractivity contribution in [3.05, 3.63) is 92.4 Å². The quantitative estimate of drug-likeness (QED) is 0.604. The summed E-state index contributed by atoms with van der Waals surface area (Å²) in [5, 5.41) is 12.1. The number of para-hydroxylation sites is 2. The average molecular weight is 415 g/mol. The van der Waals surface area contributed by atoms with Gasteiger partial charge in [0.1, 0.15) is 23.1 Å². The van der Waals surface area contributed by atoms with Gasteiger partial charge in [-0.1, -0.05) is 36.4 Å². The van der Waals surface area contributed by atoms with Gasteiger partial charge in [0.05, 0.1) is 0 Å². The molecule has 31 heavy (non-hydrogen) atoms. The molecule has 2 aromatic carbocycles. The summed E-state index contributed by atoms with van der Waals surface area (Å²) in [4.78, 5) is 27.0. The number of nitrogens with one attached hydrogen (secondary N) is 2. The summed E-state index contributed by atoms with van der Waals surface area (Å²) in [6, 6.07) is 17.3. The number of benzene rings is 2. The second-order valence-corrected chi connectivity index (χ2v) is 7.42. The van der Waals surface area contributed by atoms with Gasteiger partial charge in [0, 0.05) is 24.2 Å². The number of carbonyl (C=O) groups is 1. The SMILES string of the molecule is Cc1ccccc1Oc1ccccc1CNC(=O)CCc1c(C)[nH]c(=O)c(C#N)c1C. The first-order chi connectivity index (χ1) is 14.9. The predicted octanol–water partition coefficient (Wildman–Crippen LogP) is 4.21. The van der Waals surface area contributed by atoms with Gasteiger partial charge in [-0.05, 0) is 56.0 Å². The number of amides is 1. The Bertz CT molecular complexity index is 1210. The van der Waals surface area contributed by atoms with Crippen molar-refractivity contribution in [3.63, 3.8) is 0 Å². The van der Waals surface area contributed by atoms with E-state index in [9.17, 15) is 14.9 Å². The standard InChI is InChI=1S/C25H25N3O3/c1-16-8-4-6-10-22(16)31-23-11-7-5-9-19(23)15-27-24(29)13-12-20-17(2)21(14-26)25(30)28-18(20)3/h4-11H,12-13,15H2,1-3H3,(H,27,29)(H,28,30). The monoisotopic (exact) mass is 415 g/mol. The second kappa shape index (κ2) is 9.77. The molecule has 0 atom stereocenters. The Labute approximate surface area is 181 Å². The minimum Gasteiger partial charge on any atom is -0.457 e. The molecule has 3 aromatic rings. The number of nitriles is 1. The van der Waals surface area contributed by atoms with Crippen molar-refractivity contribution in [1.29, 1.82) is 5.26 Å². The molecule has 2 N–H and O–H groups in total. The smallest absolute Gasteiger partial charge is 0.266 e. The van der Waals surface area contributed by atoms with Gasteiger partial charge in [0.2, 0.25) is 5.91 Å². The number of ether oxygens (including phenoxy) is 1. The lowest BCUT2D eigenvalue weighted by atomic mass is 9.99. The Kier molecular flexibility index (Phi) is 6.88. The fourth-order valence-electron chi connectivity index (χ4n) is 3.48. The Morgan fingerprint density at radius 3 is 2.45 bits per heavy atom. The molecule has 0 fully saturated rings.